The SMILES string of the molecule is CCn1nc(C)cc1S(=O)(=O)N[C@@H]1[C@@H]2CCO[C@@H]2[C@@H]1C1CCCC1. The number of aromatic nitrogens is 2. The van der Waals surface area contributed by atoms with Crippen molar-refractivity contribution in [3.63, 3.8) is 0 Å². The first-order valence-corrected chi connectivity index (χ1v) is 10.7. The zero-order valence-electron chi connectivity index (χ0n) is 14.4. The van der Waals surface area contributed by atoms with Crippen molar-refractivity contribution in [3.8, 4) is 0 Å². The van der Waals surface area contributed by atoms with E-state index in [0.29, 0.717) is 24.3 Å². The van der Waals surface area contributed by atoms with Crippen LogP contribution in [0.15, 0.2) is 11.1 Å². The van der Waals surface area contributed by atoms with E-state index in [1.165, 1.54) is 25.7 Å². The van der Waals surface area contributed by atoms with Crippen LogP contribution in [-0.4, -0.2) is 37.0 Å². The Morgan fingerprint density at radius 3 is 2.79 bits per heavy atom. The number of nitrogens with zero attached hydrogens (tertiary/aromatic N) is 2. The van der Waals surface area contributed by atoms with Gasteiger partial charge in [0.25, 0.3) is 10.0 Å². The molecule has 0 amide bonds. The van der Waals surface area contributed by atoms with Crippen LogP contribution in [0.4, 0.5) is 0 Å². The van der Waals surface area contributed by atoms with Gasteiger partial charge in [0.05, 0.1) is 11.8 Å². The molecule has 2 aliphatic carbocycles. The zero-order chi connectivity index (χ0) is 16.9. The van der Waals surface area contributed by atoms with Gasteiger partial charge in [0.1, 0.15) is 0 Å². The van der Waals surface area contributed by atoms with Crippen molar-refractivity contribution in [2.45, 2.75) is 69.7 Å². The summed E-state index contributed by atoms with van der Waals surface area (Å²) < 4.78 is 36.5. The van der Waals surface area contributed by atoms with E-state index in [-0.39, 0.29) is 17.2 Å². The monoisotopic (exact) mass is 353 g/mol. The van der Waals surface area contributed by atoms with Crippen LogP contribution in [0, 0.1) is 24.7 Å². The number of sulfonamides is 1. The molecule has 7 heteroatoms. The minimum Gasteiger partial charge on any atom is -0.377 e. The molecule has 0 unspecified atom stereocenters. The predicted molar refractivity (Wildman–Crippen MR) is 90.0 cm³/mol. The van der Waals surface area contributed by atoms with Gasteiger partial charge >= 0.3 is 0 Å². The fraction of sp³-hybridized carbons (Fsp3) is 0.824. The lowest BCUT2D eigenvalue weighted by atomic mass is 9.62. The van der Waals surface area contributed by atoms with Crippen molar-refractivity contribution in [2.24, 2.45) is 17.8 Å². The molecule has 134 valence electrons. The lowest BCUT2D eigenvalue weighted by Gasteiger charge is -2.50. The molecule has 4 rings (SSSR count). The minimum atomic E-state index is -3.55. The van der Waals surface area contributed by atoms with Crippen LogP contribution in [0.2, 0.25) is 0 Å². The molecular weight excluding hydrogens is 326 g/mol. The molecule has 1 N–H and O–H groups in total. The molecule has 2 saturated carbocycles. The van der Waals surface area contributed by atoms with Gasteiger partial charge < -0.3 is 4.74 Å². The van der Waals surface area contributed by atoms with Crippen LogP contribution in [-0.2, 0) is 21.3 Å². The van der Waals surface area contributed by atoms with Crippen LogP contribution < -0.4 is 4.72 Å². The number of nitrogens with one attached hydrogen (secondary N) is 1. The summed E-state index contributed by atoms with van der Waals surface area (Å²) in [4.78, 5) is 0. The lowest BCUT2D eigenvalue weighted by Crippen LogP contribution is -2.63. The molecular formula is C17H27N3O3S. The van der Waals surface area contributed by atoms with Gasteiger partial charge in [0.15, 0.2) is 5.03 Å². The highest BCUT2D eigenvalue weighted by molar-refractivity contribution is 7.89. The molecule has 4 atom stereocenters. The molecule has 1 aromatic heterocycles. The molecule has 0 radical (unpaired) electrons. The summed E-state index contributed by atoms with van der Waals surface area (Å²) in [5.41, 5.74) is 0.736. The first-order valence-electron chi connectivity index (χ1n) is 9.19. The average molecular weight is 353 g/mol. The molecule has 0 bridgehead atoms. The summed E-state index contributed by atoms with van der Waals surface area (Å²) in [7, 11) is -3.55. The Morgan fingerprint density at radius 2 is 2.08 bits per heavy atom. The maximum Gasteiger partial charge on any atom is 0.257 e. The van der Waals surface area contributed by atoms with Gasteiger partial charge in [-0.05, 0) is 32.3 Å². The van der Waals surface area contributed by atoms with E-state index in [1.807, 2.05) is 13.8 Å². The Labute approximate surface area is 144 Å². The topological polar surface area (TPSA) is 73.2 Å². The third-order valence-electron chi connectivity index (χ3n) is 6.11. The highest BCUT2D eigenvalue weighted by Gasteiger charge is 2.57. The molecule has 1 saturated heterocycles. The summed E-state index contributed by atoms with van der Waals surface area (Å²) >= 11 is 0. The summed E-state index contributed by atoms with van der Waals surface area (Å²) in [5.74, 6) is 1.29. The second-order valence-corrected chi connectivity index (χ2v) is 9.16. The summed E-state index contributed by atoms with van der Waals surface area (Å²) in [6.45, 7) is 5.06. The Hall–Kier alpha value is -0.920. The standard InChI is InChI=1S/C17H27N3O3S/c1-3-20-14(10-11(2)18-20)24(21,22)19-16-13-8-9-23-17(13)15(16)12-6-4-5-7-12/h10,12-13,15-17,19H,3-9H2,1-2H3/t13-,15+,16+,17-/m0/s1. The van der Waals surface area contributed by atoms with Gasteiger partial charge in [-0.3, -0.25) is 4.68 Å². The van der Waals surface area contributed by atoms with Crippen LogP contribution in [0.25, 0.3) is 0 Å². The summed E-state index contributed by atoms with van der Waals surface area (Å²) in [6.07, 6.45) is 6.18. The predicted octanol–water partition coefficient (Wildman–Crippen LogP) is 2.08. The first kappa shape index (κ1) is 16.5. The van der Waals surface area contributed by atoms with Gasteiger partial charge in [-0.2, -0.15) is 5.10 Å². The molecule has 3 aliphatic rings. The molecule has 1 aromatic rings. The summed E-state index contributed by atoms with van der Waals surface area (Å²) in [6, 6.07) is 1.68. The van der Waals surface area contributed by atoms with Crippen molar-refractivity contribution >= 4 is 10.0 Å². The Bertz CT molecular complexity index is 704. The van der Waals surface area contributed by atoms with E-state index in [1.54, 1.807) is 10.7 Å². The molecule has 0 aromatic carbocycles. The second-order valence-electron chi connectivity index (χ2n) is 7.50. The largest absolute Gasteiger partial charge is 0.377 e. The summed E-state index contributed by atoms with van der Waals surface area (Å²) in [5, 5.41) is 4.57. The van der Waals surface area contributed by atoms with Crippen molar-refractivity contribution < 1.29 is 13.2 Å². The van der Waals surface area contributed by atoms with Gasteiger partial charge in [-0.15, -0.1) is 0 Å². The van der Waals surface area contributed by atoms with E-state index in [9.17, 15) is 8.42 Å². The van der Waals surface area contributed by atoms with Crippen molar-refractivity contribution in [3.05, 3.63) is 11.8 Å². The van der Waals surface area contributed by atoms with E-state index in [0.717, 1.165) is 18.7 Å². The number of rotatable bonds is 5. The van der Waals surface area contributed by atoms with E-state index in [2.05, 4.69) is 9.82 Å². The number of ether oxygens (including phenoxy) is 1. The number of fused-ring (bicyclic) bond motifs is 1. The molecule has 24 heavy (non-hydrogen) atoms. The normalized spacial score (nSPS) is 33.6. The third kappa shape index (κ3) is 2.61. The molecule has 0 spiro atoms. The zero-order valence-corrected chi connectivity index (χ0v) is 15.3. The third-order valence-corrected chi connectivity index (χ3v) is 7.58. The highest BCUT2D eigenvalue weighted by atomic mass is 32.2. The fourth-order valence-electron chi connectivity index (χ4n) is 5.03. The van der Waals surface area contributed by atoms with Crippen LogP contribution in [0.3, 0.4) is 0 Å². The van der Waals surface area contributed by atoms with Gasteiger partial charge in [0, 0.05) is 31.0 Å². The van der Waals surface area contributed by atoms with Gasteiger partial charge in [0.2, 0.25) is 0 Å². The van der Waals surface area contributed by atoms with Crippen molar-refractivity contribution in [1.29, 1.82) is 0 Å². The second kappa shape index (κ2) is 6.11. The van der Waals surface area contributed by atoms with Crippen LogP contribution >= 0.6 is 0 Å². The minimum absolute atomic E-state index is 0.0195. The maximum absolute atomic E-state index is 13.0. The van der Waals surface area contributed by atoms with E-state index < -0.39 is 10.0 Å². The number of aryl methyl sites for hydroxylation is 2. The van der Waals surface area contributed by atoms with E-state index in [4.69, 9.17) is 4.74 Å². The Kier molecular flexibility index (Phi) is 4.21. The smallest absolute Gasteiger partial charge is 0.257 e. The number of hydrogen-bond acceptors (Lipinski definition) is 4. The molecule has 6 nitrogen and oxygen atoms in total. The average Bonchev–Trinajstić information content (AvgIpc) is 3.25. The van der Waals surface area contributed by atoms with E-state index >= 15 is 0 Å². The molecule has 2 heterocycles. The first-order chi connectivity index (χ1) is 11.5. The number of hydrogen-bond donors (Lipinski definition) is 1. The van der Waals surface area contributed by atoms with Gasteiger partial charge in [-0.25, -0.2) is 13.1 Å². The highest BCUT2D eigenvalue weighted by Crippen LogP contribution is 2.51. The molecule has 3 fully saturated rings. The quantitative estimate of drug-likeness (QED) is 0.880. The lowest BCUT2D eigenvalue weighted by molar-refractivity contribution is -0.0747. The molecule has 1 aliphatic heterocycles. The maximum atomic E-state index is 13.0. The van der Waals surface area contributed by atoms with Gasteiger partial charge in [-0.1, -0.05) is 25.7 Å². The Balaban J connectivity index is 1.58. The fourth-order valence-corrected chi connectivity index (χ4v) is 6.61. The van der Waals surface area contributed by atoms with Crippen molar-refractivity contribution in [2.75, 3.05) is 6.61 Å². The van der Waals surface area contributed by atoms with Crippen LogP contribution in [0.5, 0.6) is 0 Å². The van der Waals surface area contributed by atoms with Crippen molar-refractivity contribution in [1.82, 2.24) is 14.5 Å². The van der Waals surface area contributed by atoms with Crippen LogP contribution in [0.1, 0.15) is 44.7 Å². The Morgan fingerprint density at radius 1 is 1.33 bits per heavy atom.